The molecule has 0 aromatic heterocycles. The van der Waals surface area contributed by atoms with Gasteiger partial charge in [0, 0.05) is 5.02 Å². The number of allylic oxidation sites excluding steroid dienone is 1. The van der Waals surface area contributed by atoms with E-state index in [4.69, 9.17) is 11.6 Å². The van der Waals surface area contributed by atoms with E-state index in [9.17, 15) is 5.26 Å². The summed E-state index contributed by atoms with van der Waals surface area (Å²) in [5.41, 5.74) is 3.66. The molecule has 94 valence electrons. The van der Waals surface area contributed by atoms with Crippen LogP contribution in [0.5, 0.6) is 0 Å². The van der Waals surface area contributed by atoms with Crippen molar-refractivity contribution in [3.05, 3.63) is 70.2 Å². The van der Waals surface area contributed by atoms with E-state index >= 15 is 0 Å². The molecule has 0 amide bonds. The number of nitriles is 1. The Hall–Kier alpha value is -2.04. The van der Waals surface area contributed by atoms with E-state index in [1.54, 1.807) is 0 Å². The van der Waals surface area contributed by atoms with Crippen molar-refractivity contribution in [1.82, 2.24) is 0 Å². The average molecular weight is 268 g/mol. The Morgan fingerprint density at radius 3 is 2.42 bits per heavy atom. The van der Waals surface area contributed by atoms with Gasteiger partial charge in [-0.05, 0) is 35.3 Å². The molecule has 2 heteroatoms. The molecule has 0 atom stereocenters. The third-order valence-electron chi connectivity index (χ3n) is 3.00. The predicted octanol–water partition coefficient (Wildman–Crippen LogP) is 4.97. The summed E-state index contributed by atoms with van der Waals surface area (Å²) in [5.74, 6) is 0. The van der Waals surface area contributed by atoms with E-state index in [1.165, 1.54) is 5.56 Å². The van der Waals surface area contributed by atoms with Gasteiger partial charge in [0.25, 0.3) is 0 Å². The topological polar surface area (TPSA) is 23.8 Å². The van der Waals surface area contributed by atoms with Crippen LogP contribution in [-0.4, -0.2) is 0 Å². The Morgan fingerprint density at radius 2 is 1.84 bits per heavy atom. The zero-order valence-corrected chi connectivity index (χ0v) is 11.5. The van der Waals surface area contributed by atoms with Crippen molar-refractivity contribution < 1.29 is 0 Å². The van der Waals surface area contributed by atoms with Crippen LogP contribution < -0.4 is 0 Å². The lowest BCUT2D eigenvalue weighted by atomic mass is 10.0. The third-order valence-corrected chi connectivity index (χ3v) is 3.34. The molecule has 0 heterocycles. The Balaban J connectivity index is 2.40. The Morgan fingerprint density at radius 1 is 1.16 bits per heavy atom. The largest absolute Gasteiger partial charge is 0.192 e. The van der Waals surface area contributed by atoms with Crippen molar-refractivity contribution in [2.45, 2.75) is 13.3 Å². The number of hydrogen-bond acceptors (Lipinski definition) is 1. The fourth-order valence-electron chi connectivity index (χ4n) is 1.85. The first-order valence-corrected chi connectivity index (χ1v) is 6.58. The van der Waals surface area contributed by atoms with Gasteiger partial charge in [-0.25, -0.2) is 0 Å². The van der Waals surface area contributed by atoms with E-state index in [0.717, 1.165) is 17.5 Å². The summed E-state index contributed by atoms with van der Waals surface area (Å²) in [4.78, 5) is 0. The van der Waals surface area contributed by atoms with Crippen molar-refractivity contribution >= 4 is 23.3 Å². The van der Waals surface area contributed by atoms with E-state index < -0.39 is 0 Å². The number of benzene rings is 2. The summed E-state index contributed by atoms with van der Waals surface area (Å²) in [7, 11) is 0. The molecular formula is C17H14ClN. The minimum Gasteiger partial charge on any atom is -0.192 e. The number of nitrogens with zero attached hydrogens (tertiary/aromatic N) is 1. The van der Waals surface area contributed by atoms with E-state index in [0.29, 0.717) is 10.6 Å². The molecule has 2 aromatic carbocycles. The molecule has 2 aromatic rings. The fourth-order valence-corrected chi connectivity index (χ4v) is 2.04. The summed E-state index contributed by atoms with van der Waals surface area (Å²) in [6.07, 6.45) is 2.82. The van der Waals surface area contributed by atoms with Crippen molar-refractivity contribution in [2.24, 2.45) is 0 Å². The normalized spacial score (nSPS) is 11.1. The highest BCUT2D eigenvalue weighted by Gasteiger charge is 2.03. The molecule has 0 fully saturated rings. The lowest BCUT2D eigenvalue weighted by Crippen LogP contribution is -1.85. The van der Waals surface area contributed by atoms with Crippen LogP contribution in [0.25, 0.3) is 11.6 Å². The Bertz CT molecular complexity index is 633. The third kappa shape index (κ3) is 3.24. The molecule has 0 spiro atoms. The molecule has 0 aliphatic heterocycles. The van der Waals surface area contributed by atoms with Gasteiger partial charge in [-0.2, -0.15) is 5.26 Å². The lowest BCUT2D eigenvalue weighted by Gasteiger charge is -2.03. The van der Waals surface area contributed by atoms with Crippen molar-refractivity contribution in [2.75, 3.05) is 0 Å². The second-order valence-electron chi connectivity index (χ2n) is 4.24. The van der Waals surface area contributed by atoms with E-state index in [1.807, 2.05) is 54.6 Å². The molecule has 1 nitrogen and oxygen atoms in total. The first-order chi connectivity index (χ1) is 9.24. The highest BCUT2D eigenvalue weighted by molar-refractivity contribution is 6.32. The maximum Gasteiger partial charge on any atom is 0.0998 e. The van der Waals surface area contributed by atoms with E-state index in [-0.39, 0.29) is 0 Å². The highest BCUT2D eigenvalue weighted by Crippen LogP contribution is 2.23. The second-order valence-corrected chi connectivity index (χ2v) is 4.65. The number of hydrogen-bond donors (Lipinski definition) is 0. The van der Waals surface area contributed by atoms with Crippen LogP contribution >= 0.6 is 11.6 Å². The van der Waals surface area contributed by atoms with Crippen molar-refractivity contribution in [3.63, 3.8) is 0 Å². The van der Waals surface area contributed by atoms with Crippen LogP contribution in [0.3, 0.4) is 0 Å². The zero-order chi connectivity index (χ0) is 13.7. The van der Waals surface area contributed by atoms with Gasteiger partial charge in [-0.15, -0.1) is 0 Å². The summed E-state index contributed by atoms with van der Waals surface area (Å²) in [6.45, 7) is 2.11. The van der Waals surface area contributed by atoms with Gasteiger partial charge in [0.15, 0.2) is 0 Å². The maximum absolute atomic E-state index is 9.30. The molecule has 0 saturated carbocycles. The van der Waals surface area contributed by atoms with Gasteiger partial charge in [0.1, 0.15) is 0 Å². The molecule has 0 radical (unpaired) electrons. The van der Waals surface area contributed by atoms with Crippen molar-refractivity contribution in [1.29, 1.82) is 5.26 Å². The summed E-state index contributed by atoms with van der Waals surface area (Å²) in [5, 5.41) is 9.95. The van der Waals surface area contributed by atoms with Crippen LogP contribution in [0.15, 0.2) is 48.5 Å². The summed E-state index contributed by atoms with van der Waals surface area (Å²) < 4.78 is 0. The van der Waals surface area contributed by atoms with Gasteiger partial charge in [-0.1, -0.05) is 61.0 Å². The smallest absolute Gasteiger partial charge is 0.0998 e. The standard InChI is InChI=1S/C17H14ClN/c1-2-13-7-9-14(10-8-13)16(12-19)11-15-5-3-4-6-17(15)18/h3-11H,2H2,1H3. The van der Waals surface area contributed by atoms with Crippen LogP contribution in [0, 0.1) is 11.3 Å². The van der Waals surface area contributed by atoms with Gasteiger partial charge in [0.2, 0.25) is 0 Å². The average Bonchev–Trinajstić information content (AvgIpc) is 2.47. The maximum atomic E-state index is 9.30. The molecule has 0 N–H and O–H groups in total. The molecule has 2 rings (SSSR count). The van der Waals surface area contributed by atoms with Gasteiger partial charge in [0.05, 0.1) is 11.6 Å². The van der Waals surface area contributed by atoms with Crippen LogP contribution in [0.2, 0.25) is 5.02 Å². The molecule has 0 aliphatic rings. The minimum absolute atomic E-state index is 0.621. The fraction of sp³-hybridized carbons (Fsp3) is 0.118. The van der Waals surface area contributed by atoms with E-state index in [2.05, 4.69) is 13.0 Å². The first-order valence-electron chi connectivity index (χ1n) is 6.20. The zero-order valence-electron chi connectivity index (χ0n) is 10.7. The van der Waals surface area contributed by atoms with Crippen molar-refractivity contribution in [3.8, 4) is 6.07 Å². The highest BCUT2D eigenvalue weighted by atomic mass is 35.5. The minimum atomic E-state index is 0.621. The summed E-state index contributed by atoms with van der Waals surface area (Å²) >= 11 is 6.11. The Kier molecular flexibility index (Phi) is 4.39. The SMILES string of the molecule is CCc1ccc(C(C#N)=Cc2ccccc2Cl)cc1. The molecule has 0 unspecified atom stereocenters. The summed E-state index contributed by atoms with van der Waals surface area (Å²) in [6, 6.07) is 17.8. The first kappa shape index (κ1) is 13.4. The molecule has 0 aliphatic carbocycles. The molecular weight excluding hydrogens is 254 g/mol. The lowest BCUT2D eigenvalue weighted by molar-refractivity contribution is 1.14. The number of rotatable bonds is 3. The molecule has 19 heavy (non-hydrogen) atoms. The van der Waals surface area contributed by atoms with Gasteiger partial charge in [-0.3, -0.25) is 0 Å². The molecule has 0 saturated heterocycles. The van der Waals surface area contributed by atoms with Crippen LogP contribution in [-0.2, 0) is 6.42 Å². The molecule has 0 bridgehead atoms. The second kappa shape index (κ2) is 6.22. The van der Waals surface area contributed by atoms with Crippen LogP contribution in [0.1, 0.15) is 23.6 Å². The Labute approximate surface area is 118 Å². The quantitative estimate of drug-likeness (QED) is 0.569. The predicted molar refractivity (Wildman–Crippen MR) is 80.8 cm³/mol. The van der Waals surface area contributed by atoms with Gasteiger partial charge >= 0.3 is 0 Å². The number of halogens is 1. The monoisotopic (exact) mass is 267 g/mol. The van der Waals surface area contributed by atoms with Gasteiger partial charge < -0.3 is 0 Å². The number of aryl methyl sites for hydroxylation is 1. The van der Waals surface area contributed by atoms with Crippen LogP contribution in [0.4, 0.5) is 0 Å².